The van der Waals surface area contributed by atoms with Crippen LogP contribution < -0.4 is 16.6 Å². The van der Waals surface area contributed by atoms with E-state index < -0.39 is 0 Å². The Morgan fingerprint density at radius 1 is 1.22 bits per heavy atom. The normalized spacial score (nSPS) is 10.4. The lowest BCUT2D eigenvalue weighted by molar-refractivity contribution is -0.111. The number of carbonyl (C=O) groups is 1. The van der Waals surface area contributed by atoms with Gasteiger partial charge in [-0.05, 0) is 41.5 Å². The monoisotopic (exact) mass is 306 g/mol. The summed E-state index contributed by atoms with van der Waals surface area (Å²) in [5, 5.41) is 3.18. The van der Waals surface area contributed by atoms with Crippen molar-refractivity contribution in [2.75, 3.05) is 11.1 Å². The van der Waals surface area contributed by atoms with Gasteiger partial charge in [0.2, 0.25) is 11.9 Å². The Labute approximate surface area is 131 Å². The first-order chi connectivity index (χ1) is 11.1. The van der Waals surface area contributed by atoms with Crippen LogP contribution in [0.2, 0.25) is 0 Å². The fraction of sp³-hybridized carbons (Fsp3) is 0. The van der Waals surface area contributed by atoms with Crippen molar-refractivity contribution in [3.63, 3.8) is 0 Å². The number of anilines is 2. The number of aromatic amines is 1. The zero-order valence-electron chi connectivity index (χ0n) is 12.2. The van der Waals surface area contributed by atoms with Crippen LogP contribution in [0.4, 0.5) is 11.6 Å². The van der Waals surface area contributed by atoms with Crippen molar-refractivity contribution >= 4 is 28.4 Å². The van der Waals surface area contributed by atoms with Crippen molar-refractivity contribution in [1.29, 1.82) is 0 Å². The molecule has 23 heavy (non-hydrogen) atoms. The van der Waals surface area contributed by atoms with E-state index in [9.17, 15) is 9.59 Å². The predicted octanol–water partition coefficient (Wildman–Crippen LogP) is 2.30. The number of nitrogens with two attached hydrogens (primary N) is 1. The van der Waals surface area contributed by atoms with Crippen molar-refractivity contribution in [3.8, 4) is 11.1 Å². The molecule has 0 aliphatic rings. The summed E-state index contributed by atoms with van der Waals surface area (Å²) in [5.41, 5.74) is 8.24. The zero-order valence-corrected chi connectivity index (χ0v) is 12.2. The fourth-order valence-corrected chi connectivity index (χ4v) is 2.31. The number of hydrogen-bond donors (Lipinski definition) is 3. The van der Waals surface area contributed by atoms with E-state index in [1.165, 1.54) is 6.08 Å². The van der Waals surface area contributed by atoms with E-state index in [2.05, 4.69) is 21.9 Å². The van der Waals surface area contributed by atoms with E-state index in [1.807, 2.05) is 24.3 Å². The van der Waals surface area contributed by atoms with Gasteiger partial charge in [-0.15, -0.1) is 0 Å². The van der Waals surface area contributed by atoms with E-state index in [-0.39, 0.29) is 17.4 Å². The minimum absolute atomic E-state index is 0.0756. The van der Waals surface area contributed by atoms with Crippen molar-refractivity contribution in [3.05, 3.63) is 65.5 Å². The topological polar surface area (TPSA) is 101 Å². The summed E-state index contributed by atoms with van der Waals surface area (Å²) in [7, 11) is 0. The van der Waals surface area contributed by atoms with Gasteiger partial charge in [-0.3, -0.25) is 14.6 Å². The molecule has 4 N–H and O–H groups in total. The fourth-order valence-electron chi connectivity index (χ4n) is 2.31. The van der Waals surface area contributed by atoms with Crippen molar-refractivity contribution < 1.29 is 4.79 Å². The molecule has 1 amide bonds. The van der Waals surface area contributed by atoms with E-state index in [0.717, 1.165) is 11.1 Å². The molecule has 0 atom stereocenters. The van der Waals surface area contributed by atoms with Crippen LogP contribution in [-0.2, 0) is 4.79 Å². The van der Waals surface area contributed by atoms with Crippen LogP contribution in [0.15, 0.2) is 59.9 Å². The molecule has 0 aliphatic carbocycles. The van der Waals surface area contributed by atoms with Gasteiger partial charge in [-0.1, -0.05) is 24.8 Å². The number of carbonyl (C=O) groups excluding carboxylic acids is 1. The largest absolute Gasteiger partial charge is 0.369 e. The Balaban J connectivity index is 2.06. The number of rotatable bonds is 3. The molecule has 114 valence electrons. The molecule has 6 heteroatoms. The molecule has 1 aromatic heterocycles. The number of aromatic nitrogens is 2. The lowest BCUT2D eigenvalue weighted by Crippen LogP contribution is -2.11. The molecule has 0 saturated carbocycles. The van der Waals surface area contributed by atoms with Crippen molar-refractivity contribution in [2.45, 2.75) is 0 Å². The SMILES string of the molecule is C=CC(=O)Nc1cccc(-c2ccc3c(=O)[nH]c(N)nc3c2)c1. The summed E-state index contributed by atoms with van der Waals surface area (Å²) in [6.07, 6.45) is 1.21. The molecular weight excluding hydrogens is 292 g/mol. The van der Waals surface area contributed by atoms with Gasteiger partial charge in [-0.2, -0.15) is 0 Å². The summed E-state index contributed by atoms with van der Waals surface area (Å²) in [4.78, 5) is 29.8. The molecule has 2 aromatic carbocycles. The Kier molecular flexibility index (Phi) is 3.64. The van der Waals surface area contributed by atoms with Crippen LogP contribution in [0.3, 0.4) is 0 Å². The van der Waals surface area contributed by atoms with Gasteiger partial charge in [0.25, 0.3) is 5.56 Å². The predicted molar refractivity (Wildman–Crippen MR) is 91.0 cm³/mol. The smallest absolute Gasteiger partial charge is 0.260 e. The van der Waals surface area contributed by atoms with Crippen molar-refractivity contribution in [1.82, 2.24) is 9.97 Å². The average Bonchev–Trinajstić information content (AvgIpc) is 2.54. The second-order valence-corrected chi connectivity index (χ2v) is 4.96. The summed E-state index contributed by atoms with van der Waals surface area (Å²) < 4.78 is 0. The van der Waals surface area contributed by atoms with Crippen LogP contribution in [0, 0.1) is 0 Å². The minimum Gasteiger partial charge on any atom is -0.369 e. The number of nitrogens with one attached hydrogen (secondary N) is 2. The molecular formula is C17H14N4O2. The maximum absolute atomic E-state index is 11.8. The highest BCUT2D eigenvalue weighted by atomic mass is 16.1. The van der Waals surface area contributed by atoms with Gasteiger partial charge in [-0.25, -0.2) is 4.98 Å². The number of benzene rings is 2. The van der Waals surface area contributed by atoms with E-state index in [4.69, 9.17) is 5.73 Å². The quantitative estimate of drug-likeness (QED) is 0.646. The zero-order chi connectivity index (χ0) is 16.4. The number of hydrogen-bond acceptors (Lipinski definition) is 4. The number of nitrogen functional groups attached to an aromatic ring is 1. The highest BCUT2D eigenvalue weighted by Crippen LogP contribution is 2.25. The molecule has 0 unspecified atom stereocenters. The second-order valence-electron chi connectivity index (χ2n) is 4.96. The minimum atomic E-state index is -0.276. The molecule has 0 radical (unpaired) electrons. The summed E-state index contributed by atoms with van der Waals surface area (Å²) >= 11 is 0. The van der Waals surface area contributed by atoms with Gasteiger partial charge in [0.15, 0.2) is 0 Å². The first-order valence-electron chi connectivity index (χ1n) is 6.90. The van der Waals surface area contributed by atoms with Gasteiger partial charge in [0.05, 0.1) is 10.9 Å². The number of fused-ring (bicyclic) bond motifs is 1. The summed E-state index contributed by atoms with van der Waals surface area (Å²) in [6, 6.07) is 12.7. The third-order valence-electron chi connectivity index (χ3n) is 3.37. The van der Waals surface area contributed by atoms with E-state index in [1.54, 1.807) is 18.2 Å². The Hall–Kier alpha value is -3.41. The highest BCUT2D eigenvalue weighted by Gasteiger charge is 2.06. The van der Waals surface area contributed by atoms with Gasteiger partial charge in [0.1, 0.15) is 0 Å². The second kappa shape index (κ2) is 5.76. The lowest BCUT2D eigenvalue weighted by Gasteiger charge is -2.07. The molecule has 6 nitrogen and oxygen atoms in total. The third kappa shape index (κ3) is 2.96. The first-order valence-corrected chi connectivity index (χ1v) is 6.90. The van der Waals surface area contributed by atoms with Crippen LogP contribution in [-0.4, -0.2) is 15.9 Å². The summed E-state index contributed by atoms with van der Waals surface area (Å²) in [6.45, 7) is 3.42. The lowest BCUT2D eigenvalue weighted by atomic mass is 10.0. The van der Waals surface area contributed by atoms with Crippen molar-refractivity contribution in [2.24, 2.45) is 0 Å². The van der Waals surface area contributed by atoms with Crippen LogP contribution in [0.5, 0.6) is 0 Å². The van der Waals surface area contributed by atoms with Crippen LogP contribution in [0.25, 0.3) is 22.0 Å². The van der Waals surface area contributed by atoms with Crippen LogP contribution in [0.1, 0.15) is 0 Å². The molecule has 0 fully saturated rings. The first kappa shape index (κ1) is 14.5. The molecule has 0 aliphatic heterocycles. The molecule has 0 bridgehead atoms. The summed E-state index contributed by atoms with van der Waals surface area (Å²) in [5.74, 6) is -0.201. The van der Waals surface area contributed by atoms with Gasteiger partial charge < -0.3 is 11.1 Å². The molecule has 3 rings (SSSR count). The highest BCUT2D eigenvalue weighted by molar-refractivity contribution is 5.99. The molecule has 1 heterocycles. The third-order valence-corrected chi connectivity index (χ3v) is 3.37. The Morgan fingerprint density at radius 2 is 2.00 bits per heavy atom. The van der Waals surface area contributed by atoms with E-state index in [0.29, 0.717) is 16.6 Å². The van der Waals surface area contributed by atoms with Crippen LogP contribution >= 0.6 is 0 Å². The van der Waals surface area contributed by atoms with E-state index >= 15 is 0 Å². The Morgan fingerprint density at radius 3 is 2.78 bits per heavy atom. The molecule has 3 aromatic rings. The number of amides is 1. The van der Waals surface area contributed by atoms with Gasteiger partial charge in [0, 0.05) is 5.69 Å². The standard InChI is InChI=1S/C17H14N4O2/c1-2-15(22)19-12-5-3-4-10(8-12)11-6-7-13-14(9-11)20-17(18)21-16(13)23/h2-9H,1H2,(H,19,22)(H3,18,20,21,23). The number of nitrogens with zero attached hydrogens (tertiary/aromatic N) is 1. The van der Waals surface area contributed by atoms with Gasteiger partial charge >= 0.3 is 0 Å². The maximum Gasteiger partial charge on any atom is 0.260 e. The molecule has 0 spiro atoms. The maximum atomic E-state index is 11.8. The average molecular weight is 306 g/mol. The number of H-pyrrole nitrogens is 1. The Bertz CT molecular complexity index is 976. The molecule has 0 saturated heterocycles.